The molecule has 0 radical (unpaired) electrons. The molecule has 0 spiro atoms. The molecule has 0 atom stereocenters. The van der Waals surface area contributed by atoms with Gasteiger partial charge in [0.25, 0.3) is 5.91 Å². The minimum atomic E-state index is -0.234. The lowest BCUT2D eigenvalue weighted by molar-refractivity contribution is -0.118. The Morgan fingerprint density at radius 1 is 1.03 bits per heavy atom. The monoisotopic (exact) mass is 476 g/mol. The van der Waals surface area contributed by atoms with Gasteiger partial charge in [-0.3, -0.25) is 14.3 Å². The highest BCUT2D eigenvalue weighted by atomic mass is 35.5. The Bertz CT molecular complexity index is 1270. The number of hydrogen-bond donors (Lipinski definition) is 1. The molecule has 0 aliphatic rings. The van der Waals surface area contributed by atoms with Gasteiger partial charge in [-0.1, -0.05) is 53.2 Å². The van der Waals surface area contributed by atoms with E-state index in [1.54, 1.807) is 24.5 Å². The van der Waals surface area contributed by atoms with Crippen LogP contribution >= 0.6 is 23.4 Å². The van der Waals surface area contributed by atoms with Crippen molar-refractivity contribution in [3.05, 3.63) is 89.2 Å². The van der Waals surface area contributed by atoms with Gasteiger partial charge in [-0.25, -0.2) is 5.43 Å². The van der Waals surface area contributed by atoms with Gasteiger partial charge in [0.1, 0.15) is 0 Å². The predicted octanol–water partition coefficient (Wildman–Crippen LogP) is 4.92. The number of hydrogen-bond acceptors (Lipinski definition) is 6. The van der Waals surface area contributed by atoms with Gasteiger partial charge in [0.2, 0.25) is 0 Å². The fraction of sp³-hybridized carbons (Fsp3) is 0.125. The fourth-order valence-corrected chi connectivity index (χ4v) is 3.91. The van der Waals surface area contributed by atoms with Crippen molar-refractivity contribution in [2.45, 2.75) is 19.0 Å². The molecule has 1 N–H and O–H groups in total. The molecular weight excluding hydrogens is 456 g/mol. The lowest BCUT2D eigenvalue weighted by atomic mass is 10.1. The molecule has 7 nitrogen and oxygen atoms in total. The fourth-order valence-electron chi connectivity index (χ4n) is 3.04. The molecule has 2 aromatic carbocycles. The molecule has 9 heteroatoms. The molecule has 33 heavy (non-hydrogen) atoms. The number of aromatic nitrogens is 4. The number of carbonyl (C=O) groups excluding carboxylic acids is 1. The van der Waals surface area contributed by atoms with Crippen LogP contribution in [-0.4, -0.2) is 37.1 Å². The van der Waals surface area contributed by atoms with E-state index in [2.05, 4.69) is 25.7 Å². The molecule has 1 amide bonds. The van der Waals surface area contributed by atoms with Crippen LogP contribution in [0.4, 0.5) is 0 Å². The minimum Gasteiger partial charge on any atom is -0.272 e. The molecule has 0 unspecified atom stereocenters. The average Bonchev–Trinajstić information content (AvgIpc) is 3.26. The number of hydrazone groups is 1. The molecule has 2 aromatic heterocycles. The zero-order valence-corrected chi connectivity index (χ0v) is 19.6. The summed E-state index contributed by atoms with van der Waals surface area (Å²) in [5.74, 6) is 0.547. The summed E-state index contributed by atoms with van der Waals surface area (Å²) in [5, 5.41) is 14.1. The zero-order valence-electron chi connectivity index (χ0n) is 18.1. The first-order valence-corrected chi connectivity index (χ1v) is 11.5. The summed E-state index contributed by atoms with van der Waals surface area (Å²) >= 11 is 7.34. The number of nitrogens with zero attached hydrogens (tertiary/aromatic N) is 5. The lowest BCUT2D eigenvalue weighted by Crippen LogP contribution is -2.21. The number of carbonyl (C=O) groups is 1. The number of aryl methyl sites for hydroxylation is 1. The number of thioether (sulfide) groups is 1. The highest BCUT2D eigenvalue weighted by molar-refractivity contribution is 7.99. The van der Waals surface area contributed by atoms with E-state index in [9.17, 15) is 4.79 Å². The van der Waals surface area contributed by atoms with Crippen LogP contribution < -0.4 is 5.43 Å². The third kappa shape index (κ3) is 5.66. The lowest BCUT2D eigenvalue weighted by Gasteiger charge is -2.10. The summed E-state index contributed by atoms with van der Waals surface area (Å²) in [6, 6.07) is 19.1. The minimum absolute atomic E-state index is 0.132. The van der Waals surface area contributed by atoms with E-state index in [0.717, 1.165) is 22.5 Å². The van der Waals surface area contributed by atoms with Crippen LogP contribution in [0.3, 0.4) is 0 Å². The Kier molecular flexibility index (Phi) is 7.16. The summed E-state index contributed by atoms with van der Waals surface area (Å²) in [4.78, 5) is 16.5. The van der Waals surface area contributed by atoms with Crippen molar-refractivity contribution in [3.63, 3.8) is 0 Å². The summed E-state index contributed by atoms with van der Waals surface area (Å²) in [6.07, 6.45) is 3.40. The van der Waals surface area contributed by atoms with Crippen molar-refractivity contribution in [1.82, 2.24) is 25.2 Å². The van der Waals surface area contributed by atoms with Gasteiger partial charge in [0.05, 0.1) is 11.5 Å². The van der Waals surface area contributed by atoms with Crippen LogP contribution in [0.2, 0.25) is 5.02 Å². The zero-order chi connectivity index (χ0) is 23.2. The summed E-state index contributed by atoms with van der Waals surface area (Å²) in [7, 11) is 0. The van der Waals surface area contributed by atoms with Crippen molar-refractivity contribution in [2.24, 2.45) is 5.10 Å². The molecule has 0 aliphatic carbocycles. The van der Waals surface area contributed by atoms with Gasteiger partial charge in [-0.2, -0.15) is 5.10 Å². The number of nitrogens with one attached hydrogen (secondary N) is 1. The molecule has 0 fully saturated rings. The quantitative estimate of drug-likeness (QED) is 0.232. The topological polar surface area (TPSA) is 85.1 Å². The van der Waals surface area contributed by atoms with Gasteiger partial charge in [0, 0.05) is 28.7 Å². The van der Waals surface area contributed by atoms with Crippen LogP contribution in [0.5, 0.6) is 0 Å². The van der Waals surface area contributed by atoms with Crippen LogP contribution in [0.15, 0.2) is 83.3 Å². The van der Waals surface area contributed by atoms with E-state index in [0.29, 0.717) is 16.0 Å². The molecule has 4 aromatic rings. The Hall–Kier alpha value is -3.49. The first kappa shape index (κ1) is 22.7. The summed E-state index contributed by atoms with van der Waals surface area (Å²) < 4.78 is 1.89. The molecule has 0 bridgehead atoms. The molecule has 0 aliphatic heterocycles. The number of pyridine rings is 1. The van der Waals surface area contributed by atoms with Crippen LogP contribution in [0.1, 0.15) is 18.1 Å². The van der Waals surface area contributed by atoms with Crippen molar-refractivity contribution in [2.75, 3.05) is 5.75 Å². The average molecular weight is 477 g/mol. The van der Waals surface area contributed by atoms with Gasteiger partial charge in [-0.15, -0.1) is 10.2 Å². The van der Waals surface area contributed by atoms with Gasteiger partial charge in [-0.05, 0) is 55.8 Å². The van der Waals surface area contributed by atoms with E-state index < -0.39 is 0 Å². The second-order valence-electron chi connectivity index (χ2n) is 7.24. The van der Waals surface area contributed by atoms with E-state index >= 15 is 0 Å². The Labute approximate surface area is 200 Å². The Morgan fingerprint density at radius 3 is 2.42 bits per heavy atom. The number of halogens is 1. The van der Waals surface area contributed by atoms with E-state index in [-0.39, 0.29) is 11.7 Å². The maximum absolute atomic E-state index is 12.5. The predicted molar refractivity (Wildman–Crippen MR) is 132 cm³/mol. The molecule has 2 heterocycles. The maximum atomic E-state index is 12.5. The SMILES string of the molecule is C/C(=N\NC(=O)CSc1nnc(-c2ccncc2)n1-c1ccc(Cl)cc1)c1ccc(C)cc1. The summed E-state index contributed by atoms with van der Waals surface area (Å²) in [5.41, 5.74) is 7.18. The van der Waals surface area contributed by atoms with E-state index in [1.165, 1.54) is 17.3 Å². The molecule has 0 saturated heterocycles. The van der Waals surface area contributed by atoms with E-state index in [1.807, 2.05) is 66.9 Å². The first-order valence-electron chi connectivity index (χ1n) is 10.2. The van der Waals surface area contributed by atoms with Crippen LogP contribution in [-0.2, 0) is 4.79 Å². The van der Waals surface area contributed by atoms with Gasteiger partial charge in [0.15, 0.2) is 11.0 Å². The van der Waals surface area contributed by atoms with Gasteiger partial charge >= 0.3 is 0 Å². The number of amides is 1. The highest BCUT2D eigenvalue weighted by Crippen LogP contribution is 2.28. The summed E-state index contributed by atoms with van der Waals surface area (Å²) in [6.45, 7) is 3.88. The number of benzene rings is 2. The van der Waals surface area contributed by atoms with Crippen molar-refractivity contribution in [1.29, 1.82) is 0 Å². The molecular formula is C24H21ClN6OS. The van der Waals surface area contributed by atoms with Gasteiger partial charge < -0.3 is 0 Å². The second kappa shape index (κ2) is 10.4. The van der Waals surface area contributed by atoms with Crippen molar-refractivity contribution in [3.8, 4) is 17.1 Å². The third-order valence-corrected chi connectivity index (χ3v) is 5.99. The molecule has 166 valence electrons. The largest absolute Gasteiger partial charge is 0.272 e. The molecule has 0 saturated carbocycles. The standard InChI is InChI=1S/C24H21ClN6OS/c1-16-3-5-18(6-4-16)17(2)27-28-22(32)15-33-24-30-29-23(19-11-13-26-14-12-19)31(24)21-9-7-20(25)8-10-21/h3-14H,15H2,1-2H3,(H,28,32)/b27-17+. The van der Waals surface area contributed by atoms with Crippen LogP contribution in [0, 0.1) is 6.92 Å². The Balaban J connectivity index is 1.51. The third-order valence-electron chi connectivity index (χ3n) is 4.81. The smallest absolute Gasteiger partial charge is 0.250 e. The Morgan fingerprint density at radius 2 is 1.73 bits per heavy atom. The van der Waals surface area contributed by atoms with Crippen molar-refractivity contribution >= 4 is 35.0 Å². The maximum Gasteiger partial charge on any atom is 0.250 e. The highest BCUT2D eigenvalue weighted by Gasteiger charge is 2.17. The number of rotatable bonds is 7. The van der Waals surface area contributed by atoms with Crippen molar-refractivity contribution < 1.29 is 4.79 Å². The second-order valence-corrected chi connectivity index (χ2v) is 8.62. The van der Waals surface area contributed by atoms with Crippen LogP contribution in [0.25, 0.3) is 17.1 Å². The normalized spacial score (nSPS) is 11.4. The van der Waals surface area contributed by atoms with E-state index in [4.69, 9.17) is 11.6 Å². The molecule has 4 rings (SSSR count). The first-order chi connectivity index (χ1) is 16.0.